The minimum Gasteiger partial charge on any atom is -0.378 e. The molecule has 2 amide bonds. The lowest BCUT2D eigenvalue weighted by Gasteiger charge is -2.36. The van der Waals surface area contributed by atoms with Crippen LogP contribution in [0.5, 0.6) is 0 Å². The molecule has 3 aliphatic heterocycles. The number of nitrogens with zero attached hydrogens (tertiary/aromatic N) is 4. The van der Waals surface area contributed by atoms with E-state index in [0.717, 1.165) is 25.7 Å². The SMILES string of the molecule is O=C(CN1CCN(C(=O)c2ccc(S(=O)(=O)N3CCCCCC3)cc2)CC1)N1CCOCC1. The fourth-order valence-corrected chi connectivity index (χ4v) is 6.11. The van der Waals surface area contributed by atoms with Crippen LogP contribution in [0.2, 0.25) is 0 Å². The number of ether oxygens (including phenoxy) is 1. The van der Waals surface area contributed by atoms with E-state index in [9.17, 15) is 18.0 Å². The zero-order chi connectivity index (χ0) is 23.3. The molecule has 10 heteroatoms. The van der Waals surface area contributed by atoms with Crippen LogP contribution in [0.25, 0.3) is 0 Å². The Hall–Kier alpha value is -2.01. The monoisotopic (exact) mass is 478 g/mol. The van der Waals surface area contributed by atoms with Crippen molar-refractivity contribution in [2.75, 3.05) is 72.1 Å². The van der Waals surface area contributed by atoms with Crippen molar-refractivity contribution in [3.05, 3.63) is 29.8 Å². The molecule has 3 heterocycles. The highest BCUT2D eigenvalue weighted by Gasteiger charge is 2.27. The van der Waals surface area contributed by atoms with Crippen LogP contribution in [-0.4, -0.2) is 111 Å². The van der Waals surface area contributed by atoms with Crippen LogP contribution >= 0.6 is 0 Å². The van der Waals surface area contributed by atoms with E-state index in [4.69, 9.17) is 4.74 Å². The van der Waals surface area contributed by atoms with Gasteiger partial charge in [0.2, 0.25) is 15.9 Å². The van der Waals surface area contributed by atoms with Crippen molar-refractivity contribution in [2.45, 2.75) is 30.6 Å². The molecule has 0 atom stereocenters. The summed E-state index contributed by atoms with van der Waals surface area (Å²) in [6.07, 6.45) is 3.90. The summed E-state index contributed by atoms with van der Waals surface area (Å²) >= 11 is 0. The number of hydrogen-bond acceptors (Lipinski definition) is 6. The number of sulfonamides is 1. The first-order valence-electron chi connectivity index (χ1n) is 11.9. The summed E-state index contributed by atoms with van der Waals surface area (Å²) in [5.41, 5.74) is 0.489. The van der Waals surface area contributed by atoms with Crippen molar-refractivity contribution >= 4 is 21.8 Å². The Morgan fingerprint density at radius 3 is 1.97 bits per heavy atom. The van der Waals surface area contributed by atoms with E-state index in [-0.39, 0.29) is 16.7 Å². The molecule has 33 heavy (non-hydrogen) atoms. The second-order valence-corrected chi connectivity index (χ2v) is 10.8. The lowest BCUT2D eigenvalue weighted by Crippen LogP contribution is -2.52. The first-order valence-corrected chi connectivity index (χ1v) is 13.4. The highest BCUT2D eigenvalue weighted by Crippen LogP contribution is 2.21. The zero-order valence-corrected chi connectivity index (χ0v) is 20.0. The van der Waals surface area contributed by atoms with Gasteiger partial charge in [-0.15, -0.1) is 0 Å². The maximum Gasteiger partial charge on any atom is 0.253 e. The molecule has 0 unspecified atom stereocenters. The van der Waals surface area contributed by atoms with E-state index in [2.05, 4.69) is 4.90 Å². The summed E-state index contributed by atoms with van der Waals surface area (Å²) in [7, 11) is -3.52. The van der Waals surface area contributed by atoms with E-state index in [1.165, 1.54) is 0 Å². The van der Waals surface area contributed by atoms with Gasteiger partial charge in [-0.25, -0.2) is 8.42 Å². The third kappa shape index (κ3) is 5.92. The molecule has 1 aromatic carbocycles. The Morgan fingerprint density at radius 1 is 0.758 bits per heavy atom. The van der Waals surface area contributed by atoms with Crippen LogP contribution < -0.4 is 0 Å². The second kappa shape index (κ2) is 10.9. The van der Waals surface area contributed by atoms with Crippen molar-refractivity contribution in [3.63, 3.8) is 0 Å². The van der Waals surface area contributed by atoms with Crippen LogP contribution in [0, 0.1) is 0 Å². The quantitative estimate of drug-likeness (QED) is 0.624. The smallest absolute Gasteiger partial charge is 0.253 e. The highest BCUT2D eigenvalue weighted by atomic mass is 32.2. The maximum atomic E-state index is 12.9. The van der Waals surface area contributed by atoms with Gasteiger partial charge in [-0.05, 0) is 37.1 Å². The standard InChI is InChI=1S/C23H34N4O5S/c28-22(25-15-17-32-18-16-25)19-24-11-13-26(14-12-24)23(29)20-5-7-21(8-6-20)33(30,31)27-9-3-1-2-4-10-27/h5-8H,1-4,9-19H2. The topological polar surface area (TPSA) is 90.5 Å². The van der Waals surface area contributed by atoms with E-state index in [1.54, 1.807) is 33.5 Å². The van der Waals surface area contributed by atoms with Gasteiger partial charge in [0.25, 0.3) is 5.91 Å². The predicted octanol–water partition coefficient (Wildman–Crippen LogP) is 0.868. The molecule has 0 spiro atoms. The predicted molar refractivity (Wildman–Crippen MR) is 123 cm³/mol. The number of morpholine rings is 1. The molecule has 0 radical (unpaired) electrons. The molecular formula is C23H34N4O5S. The van der Waals surface area contributed by atoms with Gasteiger partial charge in [0.05, 0.1) is 24.7 Å². The highest BCUT2D eigenvalue weighted by molar-refractivity contribution is 7.89. The fraction of sp³-hybridized carbons (Fsp3) is 0.652. The number of carbonyl (C=O) groups is 2. The molecule has 0 N–H and O–H groups in total. The number of benzene rings is 1. The van der Waals surface area contributed by atoms with Crippen LogP contribution in [0.15, 0.2) is 29.2 Å². The Labute approximate surface area is 196 Å². The molecule has 182 valence electrons. The lowest BCUT2D eigenvalue weighted by molar-refractivity contribution is -0.136. The summed E-state index contributed by atoms with van der Waals surface area (Å²) in [4.78, 5) is 31.3. The van der Waals surface area contributed by atoms with Gasteiger partial charge in [0.1, 0.15) is 0 Å². The van der Waals surface area contributed by atoms with Gasteiger partial charge in [0, 0.05) is 57.9 Å². The van der Waals surface area contributed by atoms with Crippen LogP contribution in [0.1, 0.15) is 36.0 Å². The van der Waals surface area contributed by atoms with E-state index >= 15 is 0 Å². The first-order chi connectivity index (χ1) is 15.9. The van der Waals surface area contributed by atoms with Gasteiger partial charge >= 0.3 is 0 Å². The number of hydrogen-bond donors (Lipinski definition) is 0. The Balaban J connectivity index is 1.30. The number of rotatable bonds is 5. The van der Waals surface area contributed by atoms with Gasteiger partial charge in [0.15, 0.2) is 0 Å². The summed E-state index contributed by atoms with van der Waals surface area (Å²) in [6.45, 7) is 6.31. The van der Waals surface area contributed by atoms with Crippen LogP contribution in [-0.2, 0) is 19.6 Å². The molecule has 1 aromatic rings. The number of piperazine rings is 1. The van der Waals surface area contributed by atoms with Gasteiger partial charge < -0.3 is 14.5 Å². The van der Waals surface area contributed by atoms with Crippen molar-refractivity contribution in [2.24, 2.45) is 0 Å². The largest absolute Gasteiger partial charge is 0.378 e. The molecule has 0 aromatic heterocycles. The molecular weight excluding hydrogens is 444 g/mol. The Bertz CT molecular complexity index is 915. The molecule has 3 fully saturated rings. The second-order valence-electron chi connectivity index (χ2n) is 8.90. The lowest BCUT2D eigenvalue weighted by atomic mass is 10.2. The van der Waals surface area contributed by atoms with Crippen molar-refractivity contribution in [1.82, 2.24) is 19.0 Å². The maximum absolute atomic E-state index is 12.9. The summed E-state index contributed by atoms with van der Waals surface area (Å²) < 4.78 is 32.8. The van der Waals surface area contributed by atoms with Gasteiger partial charge in [-0.1, -0.05) is 12.8 Å². The Morgan fingerprint density at radius 2 is 1.36 bits per heavy atom. The summed E-state index contributed by atoms with van der Waals surface area (Å²) in [6, 6.07) is 6.32. The zero-order valence-electron chi connectivity index (χ0n) is 19.2. The van der Waals surface area contributed by atoms with Crippen molar-refractivity contribution in [3.8, 4) is 0 Å². The molecule has 4 rings (SSSR count). The van der Waals surface area contributed by atoms with E-state index in [0.29, 0.717) is 77.7 Å². The third-order valence-corrected chi connectivity index (χ3v) is 8.60. The molecule has 0 saturated carbocycles. The minimum atomic E-state index is -3.52. The van der Waals surface area contributed by atoms with Crippen molar-refractivity contribution in [1.29, 1.82) is 0 Å². The normalized spacial score (nSPS) is 21.6. The number of amides is 2. The number of carbonyl (C=O) groups excluding carboxylic acids is 2. The van der Waals surface area contributed by atoms with Crippen molar-refractivity contribution < 1.29 is 22.7 Å². The van der Waals surface area contributed by atoms with E-state index < -0.39 is 10.0 Å². The average molecular weight is 479 g/mol. The molecule has 3 saturated heterocycles. The fourth-order valence-electron chi connectivity index (χ4n) is 4.60. The van der Waals surface area contributed by atoms with Gasteiger partial charge in [-0.2, -0.15) is 4.31 Å². The van der Waals surface area contributed by atoms with Crippen LogP contribution in [0.4, 0.5) is 0 Å². The molecule has 0 aliphatic carbocycles. The summed E-state index contributed by atoms with van der Waals surface area (Å²) in [5.74, 6) is 0.00663. The van der Waals surface area contributed by atoms with E-state index in [1.807, 2.05) is 4.90 Å². The minimum absolute atomic E-state index is 0.104. The average Bonchev–Trinajstić information content (AvgIpc) is 3.15. The summed E-state index contributed by atoms with van der Waals surface area (Å²) in [5, 5.41) is 0. The molecule has 0 bridgehead atoms. The Kier molecular flexibility index (Phi) is 8.00. The van der Waals surface area contributed by atoms with Crippen LogP contribution in [0.3, 0.4) is 0 Å². The third-order valence-electron chi connectivity index (χ3n) is 6.69. The molecule has 3 aliphatic rings. The van der Waals surface area contributed by atoms with Gasteiger partial charge in [-0.3, -0.25) is 14.5 Å². The first kappa shape index (κ1) is 24.1. The molecule has 9 nitrogen and oxygen atoms in total.